The molecule has 2 atom stereocenters. The molecule has 0 saturated carbocycles. The summed E-state index contributed by atoms with van der Waals surface area (Å²) in [4.78, 5) is 11.1. The van der Waals surface area contributed by atoms with Gasteiger partial charge < -0.3 is 4.74 Å². The summed E-state index contributed by atoms with van der Waals surface area (Å²) in [6.07, 6.45) is 2.37. The van der Waals surface area contributed by atoms with E-state index in [0.29, 0.717) is 0 Å². The van der Waals surface area contributed by atoms with Crippen LogP contribution < -0.4 is 0 Å². The van der Waals surface area contributed by atoms with Gasteiger partial charge in [-0.2, -0.15) is 10.5 Å². The van der Waals surface area contributed by atoms with Crippen LogP contribution in [0.25, 0.3) is 0 Å². The molecular weight excluding hydrogens is 228 g/mol. The van der Waals surface area contributed by atoms with Crippen molar-refractivity contribution in [1.82, 2.24) is 0 Å². The van der Waals surface area contributed by atoms with Gasteiger partial charge in [-0.05, 0) is 11.6 Å². The maximum Gasteiger partial charge on any atom is 0.331 e. The van der Waals surface area contributed by atoms with Gasteiger partial charge in [0.1, 0.15) is 12.0 Å². The molecule has 0 aromatic heterocycles. The summed E-state index contributed by atoms with van der Waals surface area (Å²) in [5.74, 6) is -1.74. The first-order valence-corrected chi connectivity index (χ1v) is 5.49. The van der Waals surface area contributed by atoms with E-state index in [1.54, 1.807) is 6.08 Å². The molecule has 0 fully saturated rings. The Bertz CT molecular complexity index is 537. The molecule has 0 amide bonds. The number of esters is 1. The van der Waals surface area contributed by atoms with Crippen molar-refractivity contribution in [3.63, 3.8) is 0 Å². The van der Waals surface area contributed by atoms with Gasteiger partial charge in [0.15, 0.2) is 0 Å². The first-order chi connectivity index (χ1) is 8.76. The molecular formula is C14H10N2O2. The fourth-order valence-electron chi connectivity index (χ4n) is 2.02. The van der Waals surface area contributed by atoms with Crippen LogP contribution in [0.15, 0.2) is 42.5 Å². The fraction of sp³-hybridized carbons (Fsp3) is 0.214. The average molecular weight is 238 g/mol. The molecule has 0 saturated heterocycles. The van der Waals surface area contributed by atoms with Gasteiger partial charge in [-0.25, -0.2) is 4.79 Å². The van der Waals surface area contributed by atoms with Crippen LogP contribution >= 0.6 is 0 Å². The number of carbonyl (C=O) groups is 1. The van der Waals surface area contributed by atoms with Gasteiger partial charge >= 0.3 is 5.97 Å². The fourth-order valence-corrected chi connectivity index (χ4v) is 2.02. The highest BCUT2D eigenvalue weighted by Crippen LogP contribution is 2.32. The summed E-state index contributed by atoms with van der Waals surface area (Å²) < 4.78 is 5.11. The topological polar surface area (TPSA) is 73.9 Å². The molecule has 1 aromatic carbocycles. The van der Waals surface area contributed by atoms with Gasteiger partial charge in [-0.1, -0.05) is 30.3 Å². The number of nitriles is 2. The minimum absolute atomic E-state index is 0.435. The molecule has 2 rings (SSSR count). The van der Waals surface area contributed by atoms with Gasteiger partial charge in [-0.3, -0.25) is 0 Å². The zero-order chi connectivity index (χ0) is 13.0. The number of benzene rings is 1. The van der Waals surface area contributed by atoms with Crippen LogP contribution in [0.4, 0.5) is 0 Å². The zero-order valence-corrected chi connectivity index (χ0v) is 9.48. The second kappa shape index (κ2) is 5.16. The predicted octanol–water partition coefficient (Wildman–Crippen LogP) is 1.92. The van der Waals surface area contributed by atoms with Gasteiger partial charge in [0.25, 0.3) is 0 Å². The molecule has 1 heterocycles. The van der Waals surface area contributed by atoms with Gasteiger partial charge in [0.05, 0.1) is 18.1 Å². The van der Waals surface area contributed by atoms with E-state index in [1.165, 1.54) is 6.08 Å². The van der Waals surface area contributed by atoms with E-state index in [-0.39, 0.29) is 0 Å². The Hall–Kier alpha value is -2.59. The Kier molecular flexibility index (Phi) is 3.41. The van der Waals surface area contributed by atoms with Crippen LogP contribution in [0, 0.1) is 28.6 Å². The lowest BCUT2D eigenvalue weighted by atomic mass is 9.83. The SMILES string of the molecule is N#CC(C#N)[C@@H](c1ccccc1)[C@@H]1C=CC(=O)O1. The van der Waals surface area contributed by atoms with Gasteiger partial charge in [0, 0.05) is 6.08 Å². The first-order valence-electron chi connectivity index (χ1n) is 5.49. The number of cyclic esters (lactones) is 1. The standard InChI is InChI=1S/C14H10N2O2/c15-8-11(9-16)14(10-4-2-1-3-5-10)12-6-7-13(17)18-12/h1-7,11-12,14H/t12-,14+/m0/s1. The molecule has 0 unspecified atom stereocenters. The van der Waals surface area contributed by atoms with Crippen molar-refractivity contribution in [2.75, 3.05) is 0 Å². The van der Waals surface area contributed by atoms with Crippen molar-refractivity contribution in [3.8, 4) is 12.1 Å². The van der Waals surface area contributed by atoms with Crippen molar-refractivity contribution in [2.45, 2.75) is 12.0 Å². The highest BCUT2D eigenvalue weighted by Gasteiger charge is 2.34. The second-order valence-corrected chi connectivity index (χ2v) is 3.93. The third-order valence-corrected chi connectivity index (χ3v) is 2.85. The molecule has 0 spiro atoms. The minimum atomic E-state index is -0.854. The van der Waals surface area contributed by atoms with Gasteiger partial charge in [0.2, 0.25) is 0 Å². The van der Waals surface area contributed by atoms with E-state index >= 15 is 0 Å². The molecule has 0 aliphatic carbocycles. The average Bonchev–Trinajstić information content (AvgIpc) is 2.83. The summed E-state index contributed by atoms with van der Waals surface area (Å²) in [5.41, 5.74) is 0.815. The van der Waals surface area contributed by atoms with Crippen molar-refractivity contribution in [2.24, 2.45) is 5.92 Å². The minimum Gasteiger partial charge on any atom is -0.454 e. The maximum absolute atomic E-state index is 11.1. The third kappa shape index (κ3) is 2.23. The lowest BCUT2D eigenvalue weighted by Crippen LogP contribution is -2.24. The number of carbonyl (C=O) groups excluding carboxylic acids is 1. The quantitative estimate of drug-likeness (QED) is 0.754. The summed E-state index contributed by atoms with van der Waals surface area (Å²) in [6.45, 7) is 0. The van der Waals surface area contributed by atoms with E-state index in [1.807, 2.05) is 42.5 Å². The lowest BCUT2D eigenvalue weighted by Gasteiger charge is -2.22. The third-order valence-electron chi connectivity index (χ3n) is 2.85. The van der Waals surface area contributed by atoms with Crippen molar-refractivity contribution in [1.29, 1.82) is 10.5 Å². The number of nitrogens with zero attached hydrogens (tertiary/aromatic N) is 2. The molecule has 1 aromatic rings. The summed E-state index contributed by atoms with van der Waals surface area (Å²) >= 11 is 0. The van der Waals surface area contributed by atoms with Crippen molar-refractivity contribution >= 4 is 5.97 Å². The van der Waals surface area contributed by atoms with Crippen LogP contribution in [0.3, 0.4) is 0 Å². The molecule has 18 heavy (non-hydrogen) atoms. The highest BCUT2D eigenvalue weighted by atomic mass is 16.5. The van der Waals surface area contributed by atoms with E-state index in [0.717, 1.165) is 5.56 Å². The molecule has 88 valence electrons. The Morgan fingerprint density at radius 1 is 1.17 bits per heavy atom. The number of rotatable bonds is 3. The molecule has 0 N–H and O–H groups in total. The molecule has 0 radical (unpaired) electrons. The molecule has 4 heteroatoms. The highest BCUT2D eigenvalue weighted by molar-refractivity contribution is 5.84. The lowest BCUT2D eigenvalue weighted by molar-refractivity contribution is -0.139. The smallest absolute Gasteiger partial charge is 0.331 e. The summed E-state index contributed by atoms with van der Waals surface area (Å²) in [6, 6.07) is 13.1. The molecule has 4 nitrogen and oxygen atoms in total. The van der Waals surface area contributed by atoms with E-state index in [9.17, 15) is 4.79 Å². The van der Waals surface area contributed by atoms with E-state index in [2.05, 4.69) is 0 Å². The second-order valence-electron chi connectivity index (χ2n) is 3.93. The van der Waals surface area contributed by atoms with Crippen LogP contribution in [-0.2, 0) is 9.53 Å². The van der Waals surface area contributed by atoms with Gasteiger partial charge in [-0.15, -0.1) is 0 Å². The Labute approximate surface area is 105 Å². The number of ether oxygens (including phenoxy) is 1. The summed E-state index contributed by atoms with van der Waals surface area (Å²) in [7, 11) is 0. The van der Waals surface area contributed by atoms with Crippen molar-refractivity contribution in [3.05, 3.63) is 48.0 Å². The van der Waals surface area contributed by atoms with Crippen LogP contribution in [0.5, 0.6) is 0 Å². The Balaban J connectivity index is 2.36. The summed E-state index contributed by atoms with van der Waals surface area (Å²) in [5, 5.41) is 18.1. The largest absolute Gasteiger partial charge is 0.454 e. The molecule has 1 aliphatic rings. The van der Waals surface area contributed by atoms with Crippen LogP contribution in [0.2, 0.25) is 0 Å². The maximum atomic E-state index is 11.1. The van der Waals surface area contributed by atoms with Crippen molar-refractivity contribution < 1.29 is 9.53 Å². The number of hydrogen-bond acceptors (Lipinski definition) is 4. The normalized spacial score (nSPS) is 19.1. The zero-order valence-electron chi connectivity index (χ0n) is 9.48. The Morgan fingerprint density at radius 3 is 2.33 bits per heavy atom. The Morgan fingerprint density at radius 2 is 1.83 bits per heavy atom. The number of hydrogen-bond donors (Lipinski definition) is 0. The van der Waals surface area contributed by atoms with Crippen LogP contribution in [-0.4, -0.2) is 12.1 Å². The molecule has 0 bridgehead atoms. The first kappa shape index (κ1) is 11.9. The molecule has 1 aliphatic heterocycles. The van der Waals surface area contributed by atoms with E-state index < -0.39 is 23.9 Å². The van der Waals surface area contributed by atoms with E-state index in [4.69, 9.17) is 15.3 Å². The monoisotopic (exact) mass is 238 g/mol. The predicted molar refractivity (Wildman–Crippen MR) is 62.9 cm³/mol. The van der Waals surface area contributed by atoms with Crippen LogP contribution in [0.1, 0.15) is 11.5 Å².